The molecule has 0 bridgehead atoms. The van der Waals surface area contributed by atoms with Crippen LogP contribution in [0.25, 0.3) is 20.8 Å². The van der Waals surface area contributed by atoms with Gasteiger partial charge in [-0.25, -0.2) is 18.7 Å². The molecular formula is C26H25F2N5O3S2. The number of hydrogen-bond acceptors (Lipinski definition) is 9. The lowest BCUT2D eigenvalue weighted by molar-refractivity contribution is -0.151. The maximum atomic E-state index is 14.2. The van der Waals surface area contributed by atoms with Gasteiger partial charge in [-0.15, -0.1) is 22.7 Å². The third-order valence-electron chi connectivity index (χ3n) is 6.35. The molecule has 1 unspecified atom stereocenters. The van der Waals surface area contributed by atoms with Crippen LogP contribution in [0.4, 0.5) is 20.2 Å². The molecule has 0 spiro atoms. The number of thiophene rings is 1. The highest BCUT2D eigenvalue weighted by Crippen LogP contribution is 2.38. The van der Waals surface area contributed by atoms with Crippen LogP contribution in [0.1, 0.15) is 36.7 Å². The lowest BCUT2D eigenvalue weighted by Crippen LogP contribution is -2.43. The summed E-state index contributed by atoms with van der Waals surface area (Å²) in [6.45, 7) is 2.96. The number of esters is 1. The van der Waals surface area contributed by atoms with E-state index in [9.17, 15) is 18.4 Å². The fraction of sp³-hybridized carbons (Fsp3) is 0.308. The summed E-state index contributed by atoms with van der Waals surface area (Å²) < 4.78 is 34.1. The van der Waals surface area contributed by atoms with Crippen LogP contribution in [-0.2, 0) is 9.53 Å². The van der Waals surface area contributed by atoms with Crippen molar-refractivity contribution in [2.75, 3.05) is 23.3 Å². The molecule has 2 atom stereocenters. The molecule has 8 nitrogen and oxygen atoms in total. The number of anilines is 2. The lowest BCUT2D eigenvalue weighted by Gasteiger charge is -2.35. The van der Waals surface area contributed by atoms with Crippen molar-refractivity contribution in [2.45, 2.75) is 38.3 Å². The van der Waals surface area contributed by atoms with Gasteiger partial charge in [0.2, 0.25) is 0 Å². The number of hydrogen-bond donors (Lipinski definition) is 2. The van der Waals surface area contributed by atoms with Gasteiger partial charge in [0.05, 0.1) is 29.7 Å². The van der Waals surface area contributed by atoms with E-state index >= 15 is 0 Å². The van der Waals surface area contributed by atoms with Gasteiger partial charge in [-0.3, -0.25) is 9.59 Å². The highest BCUT2D eigenvalue weighted by atomic mass is 32.1. The van der Waals surface area contributed by atoms with Crippen molar-refractivity contribution < 1.29 is 23.1 Å². The minimum atomic E-state index is -0.749. The SMILES string of the molecule is CCC(N)C(=O)O[C@H]1CCCN(c2c(NC(=O)c3csc(-c4c(F)cccc4F)n3)cnc3sccc23)C1. The third kappa shape index (κ3) is 5.24. The number of aromatic nitrogens is 2. The number of halogens is 2. The van der Waals surface area contributed by atoms with E-state index in [1.165, 1.54) is 22.8 Å². The number of piperidine rings is 1. The van der Waals surface area contributed by atoms with Crippen LogP contribution >= 0.6 is 22.7 Å². The maximum absolute atomic E-state index is 14.2. The molecule has 1 amide bonds. The van der Waals surface area contributed by atoms with Crippen LogP contribution in [0.3, 0.4) is 0 Å². The normalized spacial score (nSPS) is 16.4. The molecule has 198 valence electrons. The number of pyridine rings is 1. The van der Waals surface area contributed by atoms with Crippen molar-refractivity contribution in [2.24, 2.45) is 5.73 Å². The average Bonchev–Trinajstić information content (AvgIpc) is 3.58. The van der Waals surface area contributed by atoms with E-state index in [1.807, 2.05) is 18.4 Å². The number of amides is 1. The highest BCUT2D eigenvalue weighted by Gasteiger charge is 2.28. The molecule has 0 saturated carbocycles. The van der Waals surface area contributed by atoms with Crippen LogP contribution in [0, 0.1) is 11.6 Å². The summed E-state index contributed by atoms with van der Waals surface area (Å²) in [5.74, 6) is -2.45. The van der Waals surface area contributed by atoms with Gasteiger partial charge >= 0.3 is 5.97 Å². The van der Waals surface area contributed by atoms with Crippen molar-refractivity contribution in [3.63, 3.8) is 0 Å². The Labute approximate surface area is 225 Å². The van der Waals surface area contributed by atoms with E-state index in [1.54, 1.807) is 6.20 Å². The molecule has 3 N–H and O–H groups in total. The number of fused-ring (bicyclic) bond motifs is 1. The zero-order valence-electron chi connectivity index (χ0n) is 20.4. The fourth-order valence-electron chi connectivity index (χ4n) is 4.38. The van der Waals surface area contributed by atoms with E-state index in [0.29, 0.717) is 31.6 Å². The number of nitrogens with two attached hydrogens (primary N) is 1. The Bertz CT molecular complexity index is 1470. The summed E-state index contributed by atoms with van der Waals surface area (Å²) in [6.07, 6.45) is 3.23. The first-order valence-electron chi connectivity index (χ1n) is 12.1. The van der Waals surface area contributed by atoms with Crippen LogP contribution in [-0.4, -0.2) is 47.1 Å². The largest absolute Gasteiger partial charge is 0.459 e. The first kappa shape index (κ1) is 26.1. The van der Waals surface area contributed by atoms with Gasteiger partial charge in [-0.1, -0.05) is 13.0 Å². The minimum Gasteiger partial charge on any atom is -0.459 e. The lowest BCUT2D eigenvalue weighted by atomic mass is 10.1. The number of thiazole rings is 1. The van der Waals surface area contributed by atoms with Gasteiger partial charge in [0, 0.05) is 17.3 Å². The minimum absolute atomic E-state index is 0.0306. The quantitative estimate of drug-likeness (QED) is 0.301. The molecule has 0 radical (unpaired) electrons. The van der Waals surface area contributed by atoms with Crippen molar-refractivity contribution in [1.29, 1.82) is 0 Å². The molecule has 5 rings (SSSR count). The summed E-state index contributed by atoms with van der Waals surface area (Å²) in [7, 11) is 0. The summed E-state index contributed by atoms with van der Waals surface area (Å²) in [5, 5.41) is 7.18. The van der Waals surface area contributed by atoms with Crippen LogP contribution < -0.4 is 16.0 Å². The summed E-state index contributed by atoms with van der Waals surface area (Å²) in [4.78, 5) is 37.0. The number of carbonyl (C=O) groups excluding carboxylic acids is 2. The van der Waals surface area contributed by atoms with Crippen LogP contribution in [0.5, 0.6) is 0 Å². The second kappa shape index (κ2) is 11.1. The molecule has 12 heteroatoms. The van der Waals surface area contributed by atoms with E-state index in [0.717, 1.165) is 45.8 Å². The predicted molar refractivity (Wildman–Crippen MR) is 145 cm³/mol. The zero-order chi connectivity index (χ0) is 26.8. The zero-order valence-corrected chi connectivity index (χ0v) is 22.1. The summed E-state index contributed by atoms with van der Waals surface area (Å²) in [6, 6.07) is 4.84. The highest BCUT2D eigenvalue weighted by molar-refractivity contribution is 7.16. The number of rotatable bonds is 7. The average molecular weight is 558 g/mol. The number of carbonyl (C=O) groups is 2. The summed E-state index contributed by atoms with van der Waals surface area (Å²) >= 11 is 2.46. The second-order valence-corrected chi connectivity index (χ2v) is 10.7. The molecule has 1 aliphatic heterocycles. The molecule has 0 aliphatic carbocycles. The monoisotopic (exact) mass is 557 g/mol. The molecule has 1 fully saturated rings. The predicted octanol–water partition coefficient (Wildman–Crippen LogP) is 5.20. The van der Waals surface area contributed by atoms with Gasteiger partial charge in [-0.05, 0) is 42.8 Å². The van der Waals surface area contributed by atoms with Gasteiger partial charge in [0.1, 0.15) is 39.3 Å². The molecule has 4 heterocycles. The third-order valence-corrected chi connectivity index (χ3v) is 8.03. The standard InChI is InChI=1S/C26H25F2N5O3S2/c1-2-18(29)26(35)36-14-5-4-9-33(12-14)22-15-8-10-37-24(15)30-11-19(22)31-23(34)20-13-38-25(32-20)21-16(27)6-3-7-17(21)28/h3,6-8,10-11,13-14,18H,2,4-5,9,12,29H2,1H3,(H,31,34)/t14-,18?/m0/s1. The molecule has 1 aromatic carbocycles. The number of nitrogens with zero attached hydrogens (tertiary/aromatic N) is 3. The van der Waals surface area contributed by atoms with Crippen LogP contribution in [0.2, 0.25) is 0 Å². The first-order valence-corrected chi connectivity index (χ1v) is 13.9. The molecular weight excluding hydrogens is 532 g/mol. The molecule has 4 aromatic rings. The van der Waals surface area contributed by atoms with Crippen molar-refractivity contribution in [3.05, 3.63) is 58.6 Å². The first-order chi connectivity index (χ1) is 18.4. The topological polar surface area (TPSA) is 110 Å². The smallest absolute Gasteiger partial charge is 0.323 e. The van der Waals surface area contributed by atoms with Gasteiger partial charge in [0.15, 0.2) is 0 Å². The van der Waals surface area contributed by atoms with Crippen LogP contribution in [0.15, 0.2) is 41.2 Å². The van der Waals surface area contributed by atoms with Crippen molar-refractivity contribution in [1.82, 2.24) is 9.97 Å². The van der Waals surface area contributed by atoms with Gasteiger partial charge < -0.3 is 20.7 Å². The van der Waals surface area contributed by atoms with E-state index in [4.69, 9.17) is 10.5 Å². The Morgan fingerprint density at radius 3 is 2.82 bits per heavy atom. The van der Waals surface area contributed by atoms with E-state index in [-0.39, 0.29) is 22.4 Å². The van der Waals surface area contributed by atoms with Crippen molar-refractivity contribution in [3.8, 4) is 10.6 Å². The molecule has 3 aromatic heterocycles. The van der Waals surface area contributed by atoms with E-state index < -0.39 is 29.6 Å². The van der Waals surface area contributed by atoms with Gasteiger partial charge in [-0.2, -0.15) is 0 Å². The fourth-order valence-corrected chi connectivity index (χ4v) is 5.97. The number of nitrogens with one attached hydrogen (secondary N) is 1. The second-order valence-electron chi connectivity index (χ2n) is 8.91. The van der Waals surface area contributed by atoms with E-state index in [2.05, 4.69) is 20.2 Å². The number of ether oxygens (including phenoxy) is 1. The Hall–Kier alpha value is -3.48. The molecule has 1 aliphatic rings. The van der Waals surface area contributed by atoms with Crippen molar-refractivity contribution >= 4 is 56.1 Å². The molecule has 1 saturated heterocycles. The number of benzene rings is 1. The Morgan fingerprint density at radius 2 is 2.05 bits per heavy atom. The Balaban J connectivity index is 1.41. The Kier molecular flexibility index (Phi) is 7.63. The Morgan fingerprint density at radius 1 is 1.26 bits per heavy atom. The maximum Gasteiger partial charge on any atom is 0.323 e. The molecule has 38 heavy (non-hydrogen) atoms. The van der Waals surface area contributed by atoms with Gasteiger partial charge in [0.25, 0.3) is 5.91 Å². The summed E-state index contributed by atoms with van der Waals surface area (Å²) in [5.41, 5.74) is 6.83.